The molecule has 0 spiro atoms. The van der Waals surface area contributed by atoms with E-state index in [1.165, 1.54) is 12.1 Å². The number of carbonyl (C=O) groups is 2. The van der Waals surface area contributed by atoms with Crippen molar-refractivity contribution in [2.24, 2.45) is 5.92 Å². The van der Waals surface area contributed by atoms with Crippen LogP contribution in [0.5, 0.6) is 5.75 Å². The first-order valence-corrected chi connectivity index (χ1v) is 10.5. The number of hydrogen-bond acceptors (Lipinski definition) is 5. The van der Waals surface area contributed by atoms with Gasteiger partial charge in [0.25, 0.3) is 0 Å². The summed E-state index contributed by atoms with van der Waals surface area (Å²) in [5.74, 6) is -0.762. The standard InChI is InChI=1S/C23H24ClN3O4/c24-17-7-3-5-15(11-17)14-31-23(30)27-20-10-2-1-9-19(20)22(29)26-21(13-25)16-6-4-8-18(28)12-16/h3-8,11-12,19-21,28H,1-2,9-10,14H2,(H,26,29)(H,27,30). The first-order chi connectivity index (χ1) is 15.0. The number of benzene rings is 2. The number of phenolic OH excluding ortho intramolecular Hbond substituents is 1. The second-order valence-corrected chi connectivity index (χ2v) is 7.95. The third-order valence-electron chi connectivity index (χ3n) is 5.28. The molecule has 3 atom stereocenters. The van der Waals surface area contributed by atoms with E-state index in [9.17, 15) is 20.0 Å². The summed E-state index contributed by atoms with van der Waals surface area (Å²) in [6, 6.07) is 14.0. The third kappa shape index (κ3) is 6.37. The zero-order valence-corrected chi connectivity index (χ0v) is 17.6. The maximum atomic E-state index is 12.9. The molecular formula is C23H24ClN3O4. The van der Waals surface area contributed by atoms with Crippen molar-refractivity contribution < 1.29 is 19.4 Å². The summed E-state index contributed by atoms with van der Waals surface area (Å²) in [5, 5.41) is 25.2. The number of aromatic hydroxyl groups is 1. The van der Waals surface area contributed by atoms with Crippen molar-refractivity contribution >= 4 is 23.6 Å². The van der Waals surface area contributed by atoms with Crippen LogP contribution in [-0.2, 0) is 16.1 Å². The lowest BCUT2D eigenvalue weighted by Crippen LogP contribution is -2.49. The SMILES string of the molecule is N#CC(NC(=O)C1CCCCC1NC(=O)OCc1cccc(Cl)c1)c1cccc(O)c1. The van der Waals surface area contributed by atoms with Crippen LogP contribution in [0.15, 0.2) is 48.5 Å². The van der Waals surface area contributed by atoms with Gasteiger partial charge in [0.15, 0.2) is 0 Å². The number of alkyl carbamates (subject to hydrolysis) is 1. The number of rotatable bonds is 6. The van der Waals surface area contributed by atoms with Crippen molar-refractivity contribution in [2.45, 2.75) is 44.4 Å². The van der Waals surface area contributed by atoms with Crippen LogP contribution in [0.4, 0.5) is 4.79 Å². The van der Waals surface area contributed by atoms with Gasteiger partial charge in [-0.05, 0) is 48.2 Å². The lowest BCUT2D eigenvalue weighted by Gasteiger charge is -2.31. The summed E-state index contributed by atoms with van der Waals surface area (Å²) in [7, 11) is 0. The molecule has 7 nitrogen and oxygen atoms in total. The summed E-state index contributed by atoms with van der Waals surface area (Å²) in [4.78, 5) is 25.2. The normalized spacial score (nSPS) is 19.0. The predicted octanol–water partition coefficient (Wildman–Crippen LogP) is 4.21. The summed E-state index contributed by atoms with van der Waals surface area (Å²) in [5.41, 5.74) is 1.26. The number of phenols is 1. The molecule has 8 heteroatoms. The van der Waals surface area contributed by atoms with Crippen LogP contribution in [-0.4, -0.2) is 23.1 Å². The first kappa shape index (κ1) is 22.4. The van der Waals surface area contributed by atoms with Gasteiger partial charge in [-0.1, -0.05) is 48.7 Å². The molecule has 1 saturated carbocycles. The van der Waals surface area contributed by atoms with Gasteiger partial charge < -0.3 is 20.5 Å². The van der Waals surface area contributed by atoms with Crippen molar-refractivity contribution in [3.8, 4) is 11.8 Å². The van der Waals surface area contributed by atoms with Crippen LogP contribution in [0.25, 0.3) is 0 Å². The van der Waals surface area contributed by atoms with Gasteiger partial charge >= 0.3 is 6.09 Å². The van der Waals surface area contributed by atoms with E-state index in [0.29, 0.717) is 23.4 Å². The minimum Gasteiger partial charge on any atom is -0.508 e. The number of amides is 2. The second-order valence-electron chi connectivity index (χ2n) is 7.51. The van der Waals surface area contributed by atoms with Crippen LogP contribution < -0.4 is 10.6 Å². The number of nitriles is 1. The van der Waals surface area contributed by atoms with Gasteiger partial charge in [0.05, 0.1) is 12.0 Å². The zero-order valence-electron chi connectivity index (χ0n) is 16.9. The van der Waals surface area contributed by atoms with Gasteiger partial charge in [0.1, 0.15) is 18.4 Å². The van der Waals surface area contributed by atoms with Gasteiger partial charge in [0, 0.05) is 11.1 Å². The average Bonchev–Trinajstić information content (AvgIpc) is 2.76. The quantitative estimate of drug-likeness (QED) is 0.621. The molecule has 2 aromatic rings. The van der Waals surface area contributed by atoms with E-state index in [0.717, 1.165) is 18.4 Å². The second kappa shape index (κ2) is 10.7. The lowest BCUT2D eigenvalue weighted by atomic mass is 9.83. The maximum absolute atomic E-state index is 12.9. The van der Waals surface area contributed by atoms with Crippen LogP contribution in [0, 0.1) is 17.2 Å². The maximum Gasteiger partial charge on any atom is 0.407 e. The summed E-state index contributed by atoms with van der Waals surface area (Å²) in [6.07, 6.45) is 2.39. The average molecular weight is 442 g/mol. The Labute approximate surface area is 186 Å². The minimum atomic E-state index is -0.892. The number of halogens is 1. The number of nitrogens with zero attached hydrogens (tertiary/aromatic N) is 1. The highest BCUT2D eigenvalue weighted by atomic mass is 35.5. The van der Waals surface area contributed by atoms with E-state index in [1.807, 2.05) is 6.07 Å². The third-order valence-corrected chi connectivity index (χ3v) is 5.52. The molecule has 2 aromatic carbocycles. The molecule has 162 valence electrons. The molecule has 0 radical (unpaired) electrons. The van der Waals surface area contributed by atoms with Gasteiger partial charge in [-0.2, -0.15) is 5.26 Å². The lowest BCUT2D eigenvalue weighted by molar-refractivity contribution is -0.127. The largest absolute Gasteiger partial charge is 0.508 e. The van der Waals surface area contributed by atoms with E-state index in [2.05, 4.69) is 10.6 Å². The summed E-state index contributed by atoms with van der Waals surface area (Å²) >= 11 is 5.94. The van der Waals surface area contributed by atoms with Crippen molar-refractivity contribution in [1.82, 2.24) is 10.6 Å². The fourth-order valence-corrected chi connectivity index (χ4v) is 3.94. The molecule has 1 aliphatic carbocycles. The number of carbonyl (C=O) groups excluding carboxylic acids is 2. The van der Waals surface area contributed by atoms with Crippen LogP contribution in [0.1, 0.15) is 42.9 Å². The minimum absolute atomic E-state index is 0.0201. The van der Waals surface area contributed by atoms with Crippen molar-refractivity contribution in [3.05, 3.63) is 64.7 Å². The van der Waals surface area contributed by atoms with Gasteiger partial charge in [0.2, 0.25) is 5.91 Å². The Morgan fingerprint density at radius 2 is 1.97 bits per heavy atom. The van der Waals surface area contributed by atoms with E-state index < -0.39 is 18.1 Å². The Kier molecular flexibility index (Phi) is 7.74. The smallest absolute Gasteiger partial charge is 0.407 e. The van der Waals surface area contributed by atoms with E-state index in [1.54, 1.807) is 36.4 Å². The van der Waals surface area contributed by atoms with Gasteiger partial charge in [-0.15, -0.1) is 0 Å². The molecule has 1 fully saturated rings. The molecule has 3 unspecified atom stereocenters. The fourth-order valence-electron chi connectivity index (χ4n) is 3.73. The van der Waals surface area contributed by atoms with E-state index >= 15 is 0 Å². The van der Waals surface area contributed by atoms with Crippen molar-refractivity contribution in [3.63, 3.8) is 0 Å². The topological polar surface area (TPSA) is 111 Å². The van der Waals surface area contributed by atoms with E-state index in [-0.39, 0.29) is 24.3 Å². The molecule has 3 N–H and O–H groups in total. The highest BCUT2D eigenvalue weighted by Gasteiger charge is 2.33. The molecule has 0 bridgehead atoms. The molecular weight excluding hydrogens is 418 g/mol. The number of nitrogens with one attached hydrogen (secondary N) is 2. The van der Waals surface area contributed by atoms with Crippen molar-refractivity contribution in [2.75, 3.05) is 0 Å². The molecule has 0 heterocycles. The number of ether oxygens (including phenoxy) is 1. The molecule has 0 aliphatic heterocycles. The molecule has 2 amide bonds. The highest BCUT2D eigenvalue weighted by Crippen LogP contribution is 2.26. The zero-order chi connectivity index (χ0) is 22.2. The van der Waals surface area contributed by atoms with Crippen LogP contribution in [0.2, 0.25) is 5.02 Å². The first-order valence-electron chi connectivity index (χ1n) is 10.1. The Balaban J connectivity index is 1.59. The predicted molar refractivity (Wildman–Crippen MR) is 115 cm³/mol. The number of hydrogen-bond donors (Lipinski definition) is 3. The molecule has 3 rings (SSSR count). The molecule has 1 aliphatic rings. The summed E-state index contributed by atoms with van der Waals surface area (Å²) < 4.78 is 5.28. The molecule has 0 aromatic heterocycles. The van der Waals surface area contributed by atoms with Crippen LogP contribution in [0.3, 0.4) is 0 Å². The van der Waals surface area contributed by atoms with Crippen LogP contribution >= 0.6 is 11.6 Å². The molecule has 31 heavy (non-hydrogen) atoms. The van der Waals surface area contributed by atoms with Gasteiger partial charge in [-0.25, -0.2) is 4.79 Å². The van der Waals surface area contributed by atoms with E-state index in [4.69, 9.17) is 16.3 Å². The van der Waals surface area contributed by atoms with Gasteiger partial charge in [-0.3, -0.25) is 4.79 Å². The Morgan fingerprint density at radius 1 is 1.19 bits per heavy atom. The monoisotopic (exact) mass is 441 g/mol. The summed E-state index contributed by atoms with van der Waals surface area (Å²) in [6.45, 7) is 0.0734. The molecule has 0 saturated heterocycles. The highest BCUT2D eigenvalue weighted by molar-refractivity contribution is 6.30. The Morgan fingerprint density at radius 3 is 2.71 bits per heavy atom. The Bertz CT molecular complexity index is 975. The van der Waals surface area contributed by atoms with Crippen molar-refractivity contribution in [1.29, 1.82) is 5.26 Å². The Hall–Kier alpha value is -3.24. The fraction of sp³-hybridized carbons (Fsp3) is 0.348.